The molecule has 1 heterocycles. The molecule has 122 valence electrons. The molecule has 5 heteroatoms. The Morgan fingerprint density at radius 1 is 1.25 bits per heavy atom. The zero-order valence-electron chi connectivity index (χ0n) is 13.8. The van der Waals surface area contributed by atoms with Gasteiger partial charge in [-0.15, -0.1) is 0 Å². The first-order valence-corrected chi connectivity index (χ1v) is 8.79. The monoisotopic (exact) mass is 338 g/mol. The van der Waals surface area contributed by atoms with E-state index in [0.29, 0.717) is 0 Å². The number of carbonyl (C=O) groups excluding carboxylic acids is 1. The van der Waals surface area contributed by atoms with Gasteiger partial charge in [-0.05, 0) is 31.2 Å². The van der Waals surface area contributed by atoms with Crippen molar-refractivity contribution in [2.24, 2.45) is 4.99 Å². The highest BCUT2D eigenvalue weighted by molar-refractivity contribution is 7.18. The lowest BCUT2D eigenvalue weighted by molar-refractivity contribution is -0.670. The normalized spacial score (nSPS) is 11.2. The van der Waals surface area contributed by atoms with Crippen molar-refractivity contribution in [1.29, 1.82) is 0 Å². The third-order valence-electron chi connectivity index (χ3n) is 3.68. The minimum absolute atomic E-state index is 0.0514. The topological polar surface area (TPSA) is 45.3 Å². The summed E-state index contributed by atoms with van der Waals surface area (Å²) in [5.41, 5.74) is 3.00. The summed E-state index contributed by atoms with van der Waals surface area (Å²) in [5, 5.41) is 4.10. The number of benzene rings is 2. The zero-order chi connectivity index (χ0) is 16.9. The van der Waals surface area contributed by atoms with Crippen LogP contribution in [0.3, 0.4) is 0 Å². The number of aliphatic imine (C=N–C) groups is 1. The molecule has 4 nitrogen and oxygen atoms in total. The maximum Gasteiger partial charge on any atom is 0.243 e. The fourth-order valence-electron chi connectivity index (χ4n) is 2.66. The average molecular weight is 338 g/mol. The van der Waals surface area contributed by atoms with E-state index in [0.717, 1.165) is 24.3 Å². The largest absolute Gasteiger partial charge is 0.326 e. The first kappa shape index (κ1) is 16.3. The molecule has 3 aromatic rings. The van der Waals surface area contributed by atoms with E-state index < -0.39 is 0 Å². The highest BCUT2D eigenvalue weighted by Gasteiger charge is 2.18. The van der Waals surface area contributed by atoms with Crippen molar-refractivity contribution in [3.8, 4) is 0 Å². The second-order valence-corrected chi connectivity index (χ2v) is 6.57. The van der Waals surface area contributed by atoms with E-state index in [2.05, 4.69) is 27.9 Å². The number of carbonyl (C=O) groups is 1. The molecule has 24 heavy (non-hydrogen) atoms. The number of aryl methyl sites for hydroxylation is 1. The van der Waals surface area contributed by atoms with Crippen LogP contribution in [0.1, 0.15) is 18.9 Å². The molecule has 0 aliphatic carbocycles. The van der Waals surface area contributed by atoms with E-state index >= 15 is 0 Å². The van der Waals surface area contributed by atoms with E-state index in [1.807, 2.05) is 48.7 Å². The van der Waals surface area contributed by atoms with Crippen LogP contribution in [0, 0.1) is 0 Å². The van der Waals surface area contributed by atoms with Gasteiger partial charge >= 0.3 is 0 Å². The van der Waals surface area contributed by atoms with Gasteiger partial charge in [0, 0.05) is 24.9 Å². The van der Waals surface area contributed by atoms with Gasteiger partial charge in [0.25, 0.3) is 0 Å². The molecule has 1 aromatic heterocycles. The SMILES string of the molecule is CC[n+]1c(CC=Nc2ccccc2)sc2cc(NC(C)=O)ccc21. The summed E-state index contributed by atoms with van der Waals surface area (Å²) in [4.78, 5) is 15.7. The standard InChI is InChI=1S/C19H19N3OS/c1-3-22-17-10-9-16(21-14(2)23)13-18(17)24-19(22)11-12-20-15-7-5-4-6-8-15/h4-10,12-13H,3,11H2,1-2H3/p+1. The highest BCUT2D eigenvalue weighted by Crippen LogP contribution is 2.24. The van der Waals surface area contributed by atoms with Crippen molar-refractivity contribution in [3.63, 3.8) is 0 Å². The molecular formula is C19H20N3OS+. The lowest BCUT2D eigenvalue weighted by atomic mass is 10.3. The van der Waals surface area contributed by atoms with Crippen molar-refractivity contribution in [3.05, 3.63) is 53.5 Å². The third kappa shape index (κ3) is 3.68. The fraction of sp³-hybridized carbons (Fsp3) is 0.211. The Morgan fingerprint density at radius 2 is 2.04 bits per heavy atom. The van der Waals surface area contributed by atoms with Crippen LogP contribution in [0.15, 0.2) is 53.5 Å². The maximum absolute atomic E-state index is 11.2. The van der Waals surface area contributed by atoms with E-state index in [9.17, 15) is 4.79 Å². The molecule has 3 rings (SSSR count). The predicted molar refractivity (Wildman–Crippen MR) is 100 cm³/mol. The van der Waals surface area contributed by atoms with Crippen molar-refractivity contribution < 1.29 is 9.36 Å². The second kappa shape index (κ2) is 7.36. The van der Waals surface area contributed by atoms with Crippen LogP contribution in [0.4, 0.5) is 11.4 Å². The van der Waals surface area contributed by atoms with Gasteiger partial charge in [0.15, 0.2) is 0 Å². The van der Waals surface area contributed by atoms with Gasteiger partial charge in [-0.1, -0.05) is 29.5 Å². The van der Waals surface area contributed by atoms with Gasteiger partial charge in [0.05, 0.1) is 12.1 Å². The van der Waals surface area contributed by atoms with Crippen molar-refractivity contribution >= 4 is 45.0 Å². The number of thiazole rings is 1. The molecule has 0 radical (unpaired) electrons. The molecule has 0 unspecified atom stereocenters. The van der Waals surface area contributed by atoms with Crippen LogP contribution in [0.25, 0.3) is 10.2 Å². The number of aromatic nitrogens is 1. The molecule has 1 amide bonds. The summed E-state index contributed by atoms with van der Waals surface area (Å²) in [6.45, 7) is 4.58. The Balaban J connectivity index is 1.87. The highest BCUT2D eigenvalue weighted by atomic mass is 32.1. The van der Waals surface area contributed by atoms with Crippen molar-refractivity contribution in [2.45, 2.75) is 26.8 Å². The Morgan fingerprint density at radius 3 is 2.75 bits per heavy atom. The first-order chi connectivity index (χ1) is 11.7. The molecule has 0 fully saturated rings. The summed E-state index contributed by atoms with van der Waals surface area (Å²) < 4.78 is 3.47. The summed E-state index contributed by atoms with van der Waals surface area (Å²) >= 11 is 1.75. The zero-order valence-corrected chi connectivity index (χ0v) is 14.6. The number of hydrogen-bond acceptors (Lipinski definition) is 3. The van der Waals surface area contributed by atoms with E-state index in [-0.39, 0.29) is 5.91 Å². The average Bonchev–Trinajstić information content (AvgIpc) is 2.92. The van der Waals surface area contributed by atoms with Crippen LogP contribution in [0.2, 0.25) is 0 Å². The molecule has 0 saturated heterocycles. The van der Waals surface area contributed by atoms with E-state index in [1.165, 1.54) is 22.1 Å². The third-order valence-corrected chi connectivity index (χ3v) is 4.85. The molecule has 2 aromatic carbocycles. The van der Waals surface area contributed by atoms with Crippen molar-refractivity contribution in [2.75, 3.05) is 5.32 Å². The second-order valence-electron chi connectivity index (χ2n) is 5.46. The van der Waals surface area contributed by atoms with Crippen LogP contribution in [-0.4, -0.2) is 12.1 Å². The Bertz CT molecular complexity index is 884. The first-order valence-electron chi connectivity index (χ1n) is 7.98. The molecular weight excluding hydrogens is 318 g/mol. The number of amides is 1. The summed E-state index contributed by atoms with van der Waals surface area (Å²) in [5.74, 6) is -0.0514. The Hall–Kier alpha value is -2.53. The smallest absolute Gasteiger partial charge is 0.243 e. The minimum Gasteiger partial charge on any atom is -0.326 e. The Labute approximate surface area is 145 Å². The number of anilines is 1. The molecule has 0 spiro atoms. The van der Waals surface area contributed by atoms with Crippen LogP contribution in [-0.2, 0) is 17.8 Å². The predicted octanol–water partition coefficient (Wildman–Crippen LogP) is 4.11. The van der Waals surface area contributed by atoms with Crippen molar-refractivity contribution in [1.82, 2.24) is 0 Å². The van der Waals surface area contributed by atoms with Gasteiger partial charge in [0.2, 0.25) is 16.4 Å². The quantitative estimate of drug-likeness (QED) is 0.552. The van der Waals surface area contributed by atoms with E-state index in [1.54, 1.807) is 11.3 Å². The van der Waals surface area contributed by atoms with Crippen LogP contribution < -0.4 is 9.88 Å². The van der Waals surface area contributed by atoms with Gasteiger partial charge in [-0.3, -0.25) is 9.79 Å². The summed E-state index contributed by atoms with van der Waals surface area (Å²) in [7, 11) is 0. The molecule has 1 N–H and O–H groups in total. The number of hydrogen-bond donors (Lipinski definition) is 1. The van der Waals surface area contributed by atoms with Gasteiger partial charge in [-0.25, -0.2) is 0 Å². The lowest BCUT2D eigenvalue weighted by Crippen LogP contribution is -2.35. The fourth-order valence-corrected chi connectivity index (χ4v) is 3.88. The molecule has 0 aliphatic rings. The summed E-state index contributed by atoms with van der Waals surface area (Å²) in [6.07, 6.45) is 2.75. The molecule has 0 atom stereocenters. The minimum atomic E-state index is -0.0514. The van der Waals surface area contributed by atoms with Crippen LogP contribution in [0.5, 0.6) is 0 Å². The number of rotatable bonds is 5. The number of nitrogens with one attached hydrogen (secondary N) is 1. The number of fused-ring (bicyclic) bond motifs is 1. The summed E-state index contributed by atoms with van der Waals surface area (Å²) in [6, 6.07) is 16.0. The molecule has 0 bridgehead atoms. The van der Waals surface area contributed by atoms with E-state index in [4.69, 9.17) is 0 Å². The Kier molecular flexibility index (Phi) is 5.01. The molecule has 0 aliphatic heterocycles. The maximum atomic E-state index is 11.2. The van der Waals surface area contributed by atoms with Crippen LogP contribution >= 0.6 is 11.3 Å². The molecule has 0 saturated carbocycles. The number of para-hydroxylation sites is 1. The van der Waals surface area contributed by atoms with Gasteiger partial charge < -0.3 is 5.32 Å². The van der Waals surface area contributed by atoms with Gasteiger partial charge in [0.1, 0.15) is 11.2 Å². The lowest BCUT2D eigenvalue weighted by Gasteiger charge is -1.99. The number of nitrogens with zero attached hydrogens (tertiary/aromatic N) is 2. The van der Waals surface area contributed by atoms with Gasteiger partial charge in [-0.2, -0.15) is 4.57 Å².